The Morgan fingerprint density at radius 2 is 2.00 bits per heavy atom. The Hall–Kier alpha value is -0.960. The summed E-state index contributed by atoms with van der Waals surface area (Å²) >= 11 is 0. The number of aromatic nitrogens is 2. The fraction of sp³-hybridized carbons (Fsp3) is 0.667. The maximum atomic E-state index is 4.08. The third-order valence-electron chi connectivity index (χ3n) is 3.38. The van der Waals surface area contributed by atoms with Gasteiger partial charge in [-0.05, 0) is 19.4 Å². The van der Waals surface area contributed by atoms with E-state index in [1.54, 1.807) is 6.33 Å². The predicted octanol–water partition coefficient (Wildman–Crippen LogP) is 2.32. The third-order valence-corrected chi connectivity index (χ3v) is 3.38. The van der Waals surface area contributed by atoms with Gasteiger partial charge in [0, 0.05) is 24.0 Å². The van der Waals surface area contributed by atoms with Gasteiger partial charge >= 0.3 is 0 Å². The van der Waals surface area contributed by atoms with Crippen LogP contribution in [0.15, 0.2) is 18.7 Å². The summed E-state index contributed by atoms with van der Waals surface area (Å²) in [5.41, 5.74) is 1.21. The topological polar surface area (TPSA) is 37.8 Å². The molecule has 1 N–H and O–H groups in total. The Balaban J connectivity index is 1.97. The van der Waals surface area contributed by atoms with E-state index in [1.807, 2.05) is 19.4 Å². The van der Waals surface area contributed by atoms with Crippen molar-refractivity contribution in [1.29, 1.82) is 0 Å². The van der Waals surface area contributed by atoms with Gasteiger partial charge in [-0.2, -0.15) is 0 Å². The number of rotatable bonds is 4. The Kier molecular flexibility index (Phi) is 3.67. The van der Waals surface area contributed by atoms with E-state index in [-0.39, 0.29) is 0 Å². The summed E-state index contributed by atoms with van der Waals surface area (Å²) in [4.78, 5) is 8.15. The summed E-state index contributed by atoms with van der Waals surface area (Å²) in [6.45, 7) is 0. The van der Waals surface area contributed by atoms with Crippen molar-refractivity contribution in [3.8, 4) is 0 Å². The van der Waals surface area contributed by atoms with Crippen molar-refractivity contribution in [2.45, 2.75) is 38.1 Å². The lowest BCUT2D eigenvalue weighted by molar-refractivity contribution is 0.412. The Bertz CT molecular complexity index is 280. The van der Waals surface area contributed by atoms with Crippen LogP contribution in [0, 0.1) is 5.92 Å². The molecule has 0 amide bonds. The second-order valence-electron chi connectivity index (χ2n) is 4.40. The van der Waals surface area contributed by atoms with E-state index in [4.69, 9.17) is 0 Å². The monoisotopic (exact) mass is 205 g/mol. The molecule has 3 heteroatoms. The molecule has 2 rings (SSSR count). The van der Waals surface area contributed by atoms with Gasteiger partial charge in [0.1, 0.15) is 6.33 Å². The van der Waals surface area contributed by atoms with Crippen LogP contribution in [0.4, 0.5) is 0 Å². The third kappa shape index (κ3) is 2.75. The van der Waals surface area contributed by atoms with Gasteiger partial charge in [0.05, 0.1) is 0 Å². The first-order chi connectivity index (χ1) is 7.40. The zero-order valence-corrected chi connectivity index (χ0v) is 9.32. The van der Waals surface area contributed by atoms with Crippen LogP contribution < -0.4 is 5.32 Å². The number of nitrogens with zero attached hydrogens (tertiary/aromatic N) is 2. The molecule has 15 heavy (non-hydrogen) atoms. The Morgan fingerprint density at radius 3 is 2.60 bits per heavy atom. The quantitative estimate of drug-likeness (QED) is 0.819. The van der Waals surface area contributed by atoms with Gasteiger partial charge in [0.2, 0.25) is 0 Å². The van der Waals surface area contributed by atoms with Crippen LogP contribution in [0.5, 0.6) is 0 Å². The van der Waals surface area contributed by atoms with Crippen molar-refractivity contribution >= 4 is 0 Å². The number of hydrogen-bond donors (Lipinski definition) is 1. The largest absolute Gasteiger partial charge is 0.313 e. The van der Waals surface area contributed by atoms with Crippen molar-refractivity contribution in [2.24, 2.45) is 5.92 Å². The van der Waals surface area contributed by atoms with Gasteiger partial charge < -0.3 is 5.32 Å². The summed E-state index contributed by atoms with van der Waals surface area (Å²) in [5, 5.41) is 3.37. The van der Waals surface area contributed by atoms with Crippen LogP contribution in [0.2, 0.25) is 0 Å². The molecular formula is C12H19N3. The molecule has 82 valence electrons. The highest BCUT2D eigenvalue weighted by Crippen LogP contribution is 2.32. The summed E-state index contributed by atoms with van der Waals surface area (Å²) in [6, 6.07) is 0.425. The molecule has 1 unspecified atom stereocenters. The van der Waals surface area contributed by atoms with Crippen molar-refractivity contribution < 1.29 is 0 Å². The standard InChI is InChI=1S/C12H19N3/c1-13-12(6-10-4-2-3-5-10)11-7-14-9-15-8-11/h7-10,12-13H,2-6H2,1H3. The minimum atomic E-state index is 0.425. The molecule has 1 fully saturated rings. The average Bonchev–Trinajstić information content (AvgIpc) is 2.80. The zero-order valence-electron chi connectivity index (χ0n) is 9.32. The molecule has 1 atom stereocenters. The van der Waals surface area contributed by atoms with Crippen molar-refractivity contribution in [3.63, 3.8) is 0 Å². The first kappa shape index (κ1) is 10.6. The molecule has 0 aromatic carbocycles. The van der Waals surface area contributed by atoms with Gasteiger partial charge in [0.15, 0.2) is 0 Å². The lowest BCUT2D eigenvalue weighted by Crippen LogP contribution is -2.19. The van der Waals surface area contributed by atoms with Crippen LogP contribution in [-0.4, -0.2) is 17.0 Å². The molecule has 1 aliphatic carbocycles. The fourth-order valence-electron chi connectivity index (χ4n) is 2.49. The van der Waals surface area contributed by atoms with E-state index in [9.17, 15) is 0 Å². The van der Waals surface area contributed by atoms with Crippen molar-refractivity contribution in [2.75, 3.05) is 7.05 Å². The molecule has 1 aliphatic rings. The first-order valence-electron chi connectivity index (χ1n) is 5.82. The molecule has 0 spiro atoms. The summed E-state index contributed by atoms with van der Waals surface area (Å²) < 4.78 is 0. The van der Waals surface area contributed by atoms with Gasteiger partial charge in [-0.25, -0.2) is 9.97 Å². The lowest BCUT2D eigenvalue weighted by Gasteiger charge is -2.19. The van der Waals surface area contributed by atoms with Gasteiger partial charge in [0.25, 0.3) is 0 Å². The van der Waals surface area contributed by atoms with Crippen molar-refractivity contribution in [1.82, 2.24) is 15.3 Å². The number of hydrogen-bond acceptors (Lipinski definition) is 3. The predicted molar refractivity (Wildman–Crippen MR) is 60.4 cm³/mol. The Morgan fingerprint density at radius 1 is 1.33 bits per heavy atom. The molecule has 3 nitrogen and oxygen atoms in total. The average molecular weight is 205 g/mol. The van der Waals surface area contributed by atoms with Gasteiger partial charge in [-0.3, -0.25) is 0 Å². The molecule has 0 saturated heterocycles. The summed E-state index contributed by atoms with van der Waals surface area (Å²) in [7, 11) is 2.02. The van der Waals surface area contributed by atoms with Crippen LogP contribution in [0.25, 0.3) is 0 Å². The maximum absolute atomic E-state index is 4.08. The molecule has 1 saturated carbocycles. The highest BCUT2D eigenvalue weighted by Gasteiger charge is 2.20. The van der Waals surface area contributed by atoms with Crippen LogP contribution in [0.1, 0.15) is 43.7 Å². The lowest BCUT2D eigenvalue weighted by atomic mass is 9.95. The van der Waals surface area contributed by atoms with Crippen LogP contribution in [0.3, 0.4) is 0 Å². The highest BCUT2D eigenvalue weighted by molar-refractivity contribution is 5.09. The number of nitrogens with one attached hydrogen (secondary N) is 1. The minimum absolute atomic E-state index is 0.425. The van der Waals surface area contributed by atoms with E-state index >= 15 is 0 Å². The highest BCUT2D eigenvalue weighted by atomic mass is 14.9. The molecule has 0 radical (unpaired) electrons. The summed E-state index contributed by atoms with van der Waals surface area (Å²) in [6.07, 6.45) is 12.3. The van der Waals surface area contributed by atoms with E-state index in [1.165, 1.54) is 37.7 Å². The van der Waals surface area contributed by atoms with Gasteiger partial charge in [-0.15, -0.1) is 0 Å². The SMILES string of the molecule is CNC(CC1CCCC1)c1cncnc1. The first-order valence-corrected chi connectivity index (χ1v) is 5.82. The second-order valence-corrected chi connectivity index (χ2v) is 4.40. The van der Waals surface area contributed by atoms with E-state index in [2.05, 4.69) is 15.3 Å². The maximum Gasteiger partial charge on any atom is 0.115 e. The molecular weight excluding hydrogens is 186 g/mol. The van der Waals surface area contributed by atoms with Crippen LogP contribution >= 0.6 is 0 Å². The molecule has 1 aromatic heterocycles. The molecule has 0 aliphatic heterocycles. The smallest absolute Gasteiger partial charge is 0.115 e. The second kappa shape index (κ2) is 5.21. The molecule has 0 bridgehead atoms. The molecule has 1 aromatic rings. The Labute approximate surface area is 91.3 Å². The van der Waals surface area contributed by atoms with E-state index < -0.39 is 0 Å². The fourth-order valence-corrected chi connectivity index (χ4v) is 2.49. The zero-order chi connectivity index (χ0) is 10.5. The van der Waals surface area contributed by atoms with Crippen LogP contribution in [-0.2, 0) is 0 Å². The molecule has 1 heterocycles. The van der Waals surface area contributed by atoms with Crippen molar-refractivity contribution in [3.05, 3.63) is 24.3 Å². The minimum Gasteiger partial charge on any atom is -0.313 e. The summed E-state index contributed by atoms with van der Waals surface area (Å²) in [5.74, 6) is 0.891. The van der Waals surface area contributed by atoms with E-state index in [0.717, 1.165) is 5.92 Å². The van der Waals surface area contributed by atoms with Gasteiger partial charge in [-0.1, -0.05) is 25.7 Å². The van der Waals surface area contributed by atoms with E-state index in [0.29, 0.717) is 6.04 Å². The normalized spacial score (nSPS) is 19.3.